The Morgan fingerprint density at radius 1 is 1.11 bits per heavy atom. The van der Waals surface area contributed by atoms with Gasteiger partial charge in [-0.1, -0.05) is 24.3 Å². The van der Waals surface area contributed by atoms with Crippen LogP contribution in [0.25, 0.3) is 0 Å². The molecular weight excluding hydrogens is 230 g/mol. The molecule has 0 N–H and O–H groups in total. The van der Waals surface area contributed by atoms with Crippen molar-refractivity contribution in [3.05, 3.63) is 53.4 Å². The number of aryl methyl sites for hydroxylation is 1. The third-order valence-electron chi connectivity index (χ3n) is 4.56. The van der Waals surface area contributed by atoms with E-state index in [-0.39, 0.29) is 0 Å². The number of aromatic nitrogens is 1. The van der Waals surface area contributed by atoms with E-state index in [2.05, 4.69) is 42.3 Å². The highest BCUT2D eigenvalue weighted by Crippen LogP contribution is 2.38. The van der Waals surface area contributed by atoms with E-state index >= 15 is 0 Å². The second kappa shape index (κ2) is 5.73. The molecule has 0 saturated carbocycles. The van der Waals surface area contributed by atoms with Crippen LogP contribution in [0.1, 0.15) is 67.2 Å². The van der Waals surface area contributed by atoms with Crippen molar-refractivity contribution in [2.45, 2.75) is 57.3 Å². The second-order valence-corrected chi connectivity index (χ2v) is 5.85. The summed E-state index contributed by atoms with van der Waals surface area (Å²) in [6.45, 7) is 2.18. The molecule has 1 aromatic rings. The van der Waals surface area contributed by atoms with Crippen molar-refractivity contribution >= 4 is 0 Å². The topological polar surface area (TPSA) is 12.9 Å². The van der Waals surface area contributed by atoms with Gasteiger partial charge in [0.25, 0.3) is 0 Å². The predicted octanol–water partition coefficient (Wildman–Crippen LogP) is 5.04. The Hall–Kier alpha value is -1.37. The summed E-state index contributed by atoms with van der Waals surface area (Å²) in [5.74, 6) is 1.31. The van der Waals surface area contributed by atoms with Gasteiger partial charge in [-0.3, -0.25) is 4.98 Å². The zero-order chi connectivity index (χ0) is 13.1. The molecule has 1 heterocycles. The molecule has 2 aliphatic rings. The number of hydrogen-bond acceptors (Lipinski definition) is 1. The third kappa shape index (κ3) is 2.65. The van der Waals surface area contributed by atoms with Crippen molar-refractivity contribution in [1.29, 1.82) is 0 Å². The van der Waals surface area contributed by atoms with E-state index in [4.69, 9.17) is 0 Å². The molecule has 0 aromatic carbocycles. The van der Waals surface area contributed by atoms with E-state index in [1.807, 2.05) is 6.20 Å². The van der Waals surface area contributed by atoms with Crippen LogP contribution < -0.4 is 0 Å². The van der Waals surface area contributed by atoms with Crippen molar-refractivity contribution in [3.63, 3.8) is 0 Å². The van der Waals surface area contributed by atoms with Gasteiger partial charge in [0.05, 0.1) is 0 Å². The first-order chi connectivity index (χ1) is 9.36. The molecule has 1 nitrogen and oxygen atoms in total. The van der Waals surface area contributed by atoms with Crippen LogP contribution in [0.2, 0.25) is 0 Å². The maximum absolute atomic E-state index is 4.56. The van der Waals surface area contributed by atoms with Crippen LogP contribution in [0.4, 0.5) is 0 Å². The normalized spacial score (nSPS) is 26.6. The van der Waals surface area contributed by atoms with E-state index in [0.29, 0.717) is 11.8 Å². The fourth-order valence-electron chi connectivity index (χ4n) is 3.56. The van der Waals surface area contributed by atoms with Gasteiger partial charge >= 0.3 is 0 Å². The molecule has 2 atom stereocenters. The molecule has 1 aromatic heterocycles. The SMILES string of the molecule is Cc1nccc(C2CC=CCC2)c1C1C=CCCC1. The number of rotatable bonds is 2. The Bertz CT molecular complexity index is 498. The van der Waals surface area contributed by atoms with Crippen LogP contribution in [0.3, 0.4) is 0 Å². The van der Waals surface area contributed by atoms with Crippen LogP contribution >= 0.6 is 0 Å². The Labute approximate surface area is 116 Å². The lowest BCUT2D eigenvalue weighted by Crippen LogP contribution is -2.11. The van der Waals surface area contributed by atoms with Crippen LogP contribution in [0.5, 0.6) is 0 Å². The standard InChI is InChI=1S/C18H23N/c1-14-18(16-10-6-3-7-11-16)17(12-13-19-14)15-8-4-2-5-9-15/h2,4,6,10,12-13,15-16H,3,5,7-9,11H2,1H3. The van der Waals surface area contributed by atoms with Crippen molar-refractivity contribution in [2.24, 2.45) is 0 Å². The van der Waals surface area contributed by atoms with Crippen LogP contribution in [-0.4, -0.2) is 4.98 Å². The fraction of sp³-hybridized carbons (Fsp3) is 0.500. The average molecular weight is 253 g/mol. The van der Waals surface area contributed by atoms with Crippen molar-refractivity contribution in [3.8, 4) is 0 Å². The van der Waals surface area contributed by atoms with Gasteiger partial charge in [-0.2, -0.15) is 0 Å². The number of pyridine rings is 1. The average Bonchev–Trinajstić information content (AvgIpc) is 2.49. The van der Waals surface area contributed by atoms with Gasteiger partial charge in [-0.05, 0) is 68.6 Å². The first kappa shape index (κ1) is 12.7. The van der Waals surface area contributed by atoms with E-state index in [9.17, 15) is 0 Å². The molecule has 100 valence electrons. The summed E-state index contributed by atoms with van der Waals surface area (Å²) in [6.07, 6.45) is 19.0. The minimum absolute atomic E-state index is 0.600. The monoisotopic (exact) mass is 253 g/mol. The van der Waals surface area contributed by atoms with Gasteiger partial charge < -0.3 is 0 Å². The Balaban J connectivity index is 1.99. The zero-order valence-corrected chi connectivity index (χ0v) is 11.8. The van der Waals surface area contributed by atoms with Gasteiger partial charge in [0, 0.05) is 17.8 Å². The van der Waals surface area contributed by atoms with Gasteiger partial charge in [0.15, 0.2) is 0 Å². The molecule has 0 spiro atoms. The molecule has 0 fully saturated rings. The Morgan fingerprint density at radius 2 is 2.05 bits per heavy atom. The van der Waals surface area contributed by atoms with E-state index in [1.165, 1.54) is 49.8 Å². The molecular formula is C18H23N. The van der Waals surface area contributed by atoms with Crippen molar-refractivity contribution in [2.75, 3.05) is 0 Å². The summed E-state index contributed by atoms with van der Waals surface area (Å²) in [4.78, 5) is 4.56. The highest BCUT2D eigenvalue weighted by molar-refractivity contribution is 5.39. The van der Waals surface area contributed by atoms with E-state index in [0.717, 1.165) is 0 Å². The molecule has 2 unspecified atom stereocenters. The van der Waals surface area contributed by atoms with Crippen LogP contribution in [0, 0.1) is 6.92 Å². The molecule has 19 heavy (non-hydrogen) atoms. The minimum atomic E-state index is 0.600. The number of hydrogen-bond donors (Lipinski definition) is 0. The zero-order valence-electron chi connectivity index (χ0n) is 11.8. The third-order valence-corrected chi connectivity index (χ3v) is 4.56. The summed E-state index contributed by atoms with van der Waals surface area (Å²) >= 11 is 0. The molecule has 0 aliphatic heterocycles. The lowest BCUT2D eigenvalue weighted by atomic mass is 9.79. The van der Waals surface area contributed by atoms with Crippen LogP contribution in [0.15, 0.2) is 36.6 Å². The van der Waals surface area contributed by atoms with Gasteiger partial charge in [0.1, 0.15) is 0 Å². The molecule has 3 rings (SSSR count). The molecule has 0 saturated heterocycles. The fourth-order valence-corrected chi connectivity index (χ4v) is 3.56. The Morgan fingerprint density at radius 3 is 2.79 bits per heavy atom. The predicted molar refractivity (Wildman–Crippen MR) is 80.4 cm³/mol. The molecule has 0 radical (unpaired) electrons. The summed E-state index contributed by atoms with van der Waals surface area (Å²) in [6, 6.07) is 2.27. The first-order valence-electron chi connectivity index (χ1n) is 7.63. The second-order valence-electron chi connectivity index (χ2n) is 5.85. The molecule has 0 amide bonds. The summed E-state index contributed by atoms with van der Waals surface area (Å²) in [5, 5.41) is 0. The van der Waals surface area contributed by atoms with E-state index in [1.54, 1.807) is 5.56 Å². The highest BCUT2D eigenvalue weighted by atomic mass is 14.7. The van der Waals surface area contributed by atoms with Gasteiger partial charge in [0.2, 0.25) is 0 Å². The maximum atomic E-state index is 4.56. The van der Waals surface area contributed by atoms with Gasteiger partial charge in [-0.25, -0.2) is 0 Å². The van der Waals surface area contributed by atoms with Crippen molar-refractivity contribution in [1.82, 2.24) is 4.98 Å². The molecule has 0 bridgehead atoms. The molecule has 1 heteroatoms. The lowest BCUT2D eigenvalue weighted by Gasteiger charge is -2.27. The smallest absolute Gasteiger partial charge is 0.0413 e. The first-order valence-corrected chi connectivity index (χ1v) is 7.63. The van der Waals surface area contributed by atoms with E-state index < -0.39 is 0 Å². The van der Waals surface area contributed by atoms with Crippen LogP contribution in [-0.2, 0) is 0 Å². The summed E-state index contributed by atoms with van der Waals surface area (Å²) < 4.78 is 0. The maximum Gasteiger partial charge on any atom is 0.0413 e. The quantitative estimate of drug-likeness (QED) is 0.673. The molecule has 2 aliphatic carbocycles. The summed E-state index contributed by atoms with van der Waals surface area (Å²) in [7, 11) is 0. The number of allylic oxidation sites excluding steroid dienone is 4. The summed E-state index contributed by atoms with van der Waals surface area (Å²) in [5.41, 5.74) is 4.33. The number of nitrogens with zero attached hydrogens (tertiary/aromatic N) is 1. The van der Waals surface area contributed by atoms with Gasteiger partial charge in [-0.15, -0.1) is 0 Å². The minimum Gasteiger partial charge on any atom is -0.261 e. The lowest BCUT2D eigenvalue weighted by molar-refractivity contribution is 0.588. The Kier molecular flexibility index (Phi) is 3.82. The largest absolute Gasteiger partial charge is 0.261 e. The van der Waals surface area contributed by atoms with Crippen molar-refractivity contribution < 1.29 is 0 Å². The highest BCUT2D eigenvalue weighted by Gasteiger charge is 2.22.